The number of methoxy groups -OCH3 is 1. The molecule has 0 bridgehead atoms. The first-order valence-electron chi connectivity index (χ1n) is 6.90. The lowest BCUT2D eigenvalue weighted by Crippen LogP contribution is -2.31. The molecule has 1 fully saturated rings. The normalized spacial score (nSPS) is 16.9. The smallest absolute Gasteiger partial charge is 0.243 e. The maximum Gasteiger partial charge on any atom is 0.243 e. The Bertz CT molecular complexity index is 600. The molecule has 1 aliphatic carbocycles. The fourth-order valence-electron chi connectivity index (χ4n) is 2.22. The minimum Gasteiger partial charge on any atom is -0.385 e. The third kappa shape index (κ3) is 4.00. The highest BCUT2D eigenvalue weighted by Gasteiger charge is 2.42. The van der Waals surface area contributed by atoms with Gasteiger partial charge in [-0.3, -0.25) is 0 Å². The van der Waals surface area contributed by atoms with Crippen LogP contribution in [0.3, 0.4) is 0 Å². The molecule has 3 N–H and O–H groups in total. The monoisotopic (exact) mass is 316 g/mol. The van der Waals surface area contributed by atoms with Gasteiger partial charge in [-0.15, -0.1) is 0 Å². The predicted molar refractivity (Wildman–Crippen MR) is 77.6 cm³/mol. The van der Waals surface area contributed by atoms with Crippen molar-refractivity contribution in [1.29, 1.82) is 0 Å². The van der Waals surface area contributed by atoms with Crippen LogP contribution in [0.15, 0.2) is 23.1 Å². The third-order valence-electron chi connectivity index (χ3n) is 3.95. The summed E-state index contributed by atoms with van der Waals surface area (Å²) >= 11 is 0. The highest BCUT2D eigenvalue weighted by atomic mass is 32.2. The van der Waals surface area contributed by atoms with Gasteiger partial charge in [0.25, 0.3) is 0 Å². The van der Waals surface area contributed by atoms with Crippen LogP contribution in [0.4, 0.5) is 4.39 Å². The SMILES string of the molecule is COCCC1(CNS(=O)(=O)c2cc(CN)ccc2F)CC1. The zero-order chi connectivity index (χ0) is 15.5. The molecule has 0 saturated heterocycles. The van der Waals surface area contributed by atoms with Gasteiger partial charge >= 0.3 is 0 Å². The molecule has 21 heavy (non-hydrogen) atoms. The molecule has 1 aromatic carbocycles. The molecule has 0 atom stereocenters. The van der Waals surface area contributed by atoms with Crippen LogP contribution in [-0.2, 0) is 21.3 Å². The van der Waals surface area contributed by atoms with Gasteiger partial charge in [0.05, 0.1) is 0 Å². The first kappa shape index (κ1) is 16.4. The molecule has 2 rings (SSSR count). The zero-order valence-corrected chi connectivity index (χ0v) is 12.9. The Morgan fingerprint density at radius 2 is 2.14 bits per heavy atom. The Morgan fingerprint density at radius 1 is 1.43 bits per heavy atom. The number of nitrogens with one attached hydrogen (secondary N) is 1. The van der Waals surface area contributed by atoms with E-state index in [0.717, 1.165) is 25.3 Å². The van der Waals surface area contributed by atoms with E-state index in [0.29, 0.717) is 18.7 Å². The molecule has 1 aromatic rings. The molecule has 5 nitrogen and oxygen atoms in total. The van der Waals surface area contributed by atoms with Gasteiger partial charge in [0.2, 0.25) is 10.0 Å². The standard InChI is InChI=1S/C14H21FN2O3S/c1-20-7-6-14(4-5-14)10-17-21(18,19)13-8-11(9-16)2-3-12(13)15/h2-3,8,17H,4-7,9-10,16H2,1H3. The van der Waals surface area contributed by atoms with Gasteiger partial charge in [0.15, 0.2) is 0 Å². The Morgan fingerprint density at radius 3 is 2.71 bits per heavy atom. The van der Waals surface area contributed by atoms with Crippen LogP contribution in [0.25, 0.3) is 0 Å². The molecular weight excluding hydrogens is 295 g/mol. The molecule has 0 amide bonds. The minimum absolute atomic E-state index is 0.0367. The van der Waals surface area contributed by atoms with E-state index < -0.39 is 15.8 Å². The molecule has 0 unspecified atom stereocenters. The van der Waals surface area contributed by atoms with Crippen molar-refractivity contribution in [1.82, 2.24) is 4.72 Å². The largest absolute Gasteiger partial charge is 0.385 e. The molecule has 0 aromatic heterocycles. The predicted octanol–water partition coefficient (Wildman–Crippen LogP) is 1.38. The number of hydrogen-bond acceptors (Lipinski definition) is 4. The Balaban J connectivity index is 2.08. The quantitative estimate of drug-likeness (QED) is 0.759. The van der Waals surface area contributed by atoms with Crippen LogP contribution in [0.2, 0.25) is 0 Å². The maximum atomic E-state index is 13.8. The third-order valence-corrected chi connectivity index (χ3v) is 5.37. The van der Waals surface area contributed by atoms with Crippen LogP contribution in [0.1, 0.15) is 24.8 Å². The summed E-state index contributed by atoms with van der Waals surface area (Å²) in [4.78, 5) is -0.340. The van der Waals surface area contributed by atoms with Gasteiger partial charge in [0, 0.05) is 26.8 Å². The lowest BCUT2D eigenvalue weighted by molar-refractivity contribution is 0.173. The minimum atomic E-state index is -3.86. The Hall–Kier alpha value is -1.02. The molecule has 0 radical (unpaired) electrons. The van der Waals surface area contributed by atoms with E-state index in [-0.39, 0.29) is 16.9 Å². The first-order valence-corrected chi connectivity index (χ1v) is 8.38. The first-order chi connectivity index (χ1) is 9.92. The summed E-state index contributed by atoms with van der Waals surface area (Å²) in [5.41, 5.74) is 6.01. The second-order valence-corrected chi connectivity index (χ2v) is 7.27. The number of nitrogens with two attached hydrogens (primary N) is 1. The van der Waals surface area contributed by atoms with Crippen molar-refractivity contribution in [3.63, 3.8) is 0 Å². The maximum absolute atomic E-state index is 13.8. The van der Waals surface area contributed by atoms with Crippen molar-refractivity contribution < 1.29 is 17.5 Å². The summed E-state index contributed by atoms with van der Waals surface area (Å²) in [5, 5.41) is 0. The summed E-state index contributed by atoms with van der Waals surface area (Å²) in [6.45, 7) is 1.07. The van der Waals surface area contributed by atoms with Gasteiger partial charge < -0.3 is 10.5 Å². The second kappa shape index (κ2) is 6.39. The summed E-state index contributed by atoms with van der Waals surface area (Å²) in [5.74, 6) is -0.763. The van der Waals surface area contributed by atoms with Gasteiger partial charge in [-0.2, -0.15) is 0 Å². The average molecular weight is 316 g/mol. The molecule has 0 aliphatic heterocycles. The Labute approximate surface area is 124 Å². The summed E-state index contributed by atoms with van der Waals surface area (Å²) in [7, 11) is -2.24. The number of benzene rings is 1. The van der Waals surface area contributed by atoms with Gasteiger partial charge in [0.1, 0.15) is 10.7 Å². The summed E-state index contributed by atoms with van der Waals surface area (Å²) < 4.78 is 45.8. The molecule has 7 heteroatoms. The van der Waals surface area contributed by atoms with Gasteiger partial charge in [-0.1, -0.05) is 6.07 Å². The van der Waals surface area contributed by atoms with E-state index in [1.807, 2.05) is 0 Å². The second-order valence-electron chi connectivity index (χ2n) is 5.54. The number of ether oxygens (including phenoxy) is 1. The Kier molecular flexibility index (Phi) is 4.98. The van der Waals surface area contributed by atoms with Crippen molar-refractivity contribution in [3.8, 4) is 0 Å². The van der Waals surface area contributed by atoms with Crippen LogP contribution in [0.5, 0.6) is 0 Å². The van der Waals surface area contributed by atoms with E-state index in [9.17, 15) is 12.8 Å². The molecule has 1 aliphatic rings. The van der Waals surface area contributed by atoms with Crippen molar-refractivity contribution in [2.45, 2.75) is 30.7 Å². The van der Waals surface area contributed by atoms with E-state index in [4.69, 9.17) is 10.5 Å². The number of rotatable bonds is 8. The molecule has 0 spiro atoms. The fourth-order valence-corrected chi connectivity index (χ4v) is 3.50. The van der Waals surface area contributed by atoms with Crippen molar-refractivity contribution in [3.05, 3.63) is 29.6 Å². The number of halogens is 1. The zero-order valence-electron chi connectivity index (χ0n) is 12.1. The van der Waals surface area contributed by atoms with Crippen molar-refractivity contribution in [2.75, 3.05) is 20.3 Å². The van der Waals surface area contributed by atoms with Crippen LogP contribution >= 0.6 is 0 Å². The van der Waals surface area contributed by atoms with Crippen LogP contribution in [0, 0.1) is 11.2 Å². The highest BCUT2D eigenvalue weighted by molar-refractivity contribution is 7.89. The highest BCUT2D eigenvalue weighted by Crippen LogP contribution is 2.48. The molecule has 0 heterocycles. The van der Waals surface area contributed by atoms with Crippen molar-refractivity contribution in [2.24, 2.45) is 11.1 Å². The number of sulfonamides is 1. The van der Waals surface area contributed by atoms with E-state index in [1.54, 1.807) is 7.11 Å². The molecular formula is C14H21FN2O3S. The topological polar surface area (TPSA) is 81.4 Å². The lowest BCUT2D eigenvalue weighted by Gasteiger charge is -2.16. The summed E-state index contributed by atoms with van der Waals surface area (Å²) in [6, 6.07) is 3.90. The summed E-state index contributed by atoms with van der Waals surface area (Å²) in [6.07, 6.45) is 2.73. The van der Waals surface area contributed by atoms with Gasteiger partial charge in [-0.25, -0.2) is 17.5 Å². The molecule has 118 valence electrons. The van der Waals surface area contributed by atoms with Crippen molar-refractivity contribution >= 4 is 10.0 Å². The van der Waals surface area contributed by atoms with E-state index >= 15 is 0 Å². The van der Waals surface area contributed by atoms with Crippen LogP contribution < -0.4 is 10.5 Å². The molecule has 1 saturated carbocycles. The number of hydrogen-bond donors (Lipinski definition) is 2. The van der Waals surface area contributed by atoms with E-state index in [2.05, 4.69) is 4.72 Å². The fraction of sp³-hybridized carbons (Fsp3) is 0.571. The lowest BCUT2D eigenvalue weighted by atomic mass is 10.0. The van der Waals surface area contributed by atoms with E-state index in [1.165, 1.54) is 12.1 Å². The average Bonchev–Trinajstić information content (AvgIpc) is 3.24. The van der Waals surface area contributed by atoms with Crippen LogP contribution in [-0.4, -0.2) is 28.7 Å². The van der Waals surface area contributed by atoms with Gasteiger partial charge in [-0.05, 0) is 42.4 Å².